The fourth-order valence-corrected chi connectivity index (χ4v) is 4.40. The van der Waals surface area contributed by atoms with Crippen LogP contribution in [0, 0.1) is 13.8 Å². The molecule has 0 aliphatic rings. The Morgan fingerprint density at radius 3 is 1.73 bits per heavy atom. The first kappa shape index (κ1) is 22.8. The minimum Gasteiger partial charge on any atom is -0.340 e. The summed E-state index contributed by atoms with van der Waals surface area (Å²) in [6, 6.07) is 23.3. The number of hydrogen-bond acceptors (Lipinski definition) is 6. The molecule has 3 N–H and O–H groups in total. The maximum Gasteiger partial charge on any atom is 0.261 e. The number of halogens is 1. The van der Waals surface area contributed by atoms with Gasteiger partial charge in [0.05, 0.1) is 4.90 Å². The van der Waals surface area contributed by atoms with E-state index in [0.717, 1.165) is 15.8 Å². The molecule has 0 aliphatic carbocycles. The van der Waals surface area contributed by atoms with E-state index in [0.29, 0.717) is 23.1 Å². The molecule has 1 heterocycles. The Balaban J connectivity index is 1.46. The van der Waals surface area contributed by atoms with E-state index in [2.05, 4.69) is 41.3 Å². The number of sulfonamides is 1. The number of nitrogens with one attached hydrogen (secondary N) is 3. The molecule has 4 rings (SSSR count). The van der Waals surface area contributed by atoms with E-state index >= 15 is 0 Å². The Kier molecular flexibility index (Phi) is 6.62. The quantitative estimate of drug-likeness (QED) is 0.269. The summed E-state index contributed by atoms with van der Waals surface area (Å²) < 4.78 is 28.5. The van der Waals surface area contributed by atoms with Crippen LogP contribution in [0.2, 0.25) is 0 Å². The van der Waals surface area contributed by atoms with Gasteiger partial charge in [-0.15, -0.1) is 0 Å². The third-order valence-electron chi connectivity index (χ3n) is 4.70. The van der Waals surface area contributed by atoms with Gasteiger partial charge in [0.2, 0.25) is 0 Å². The summed E-state index contributed by atoms with van der Waals surface area (Å²) in [4.78, 5) is 9.07. The summed E-state index contributed by atoms with van der Waals surface area (Å²) in [5, 5.41) is 6.52. The van der Waals surface area contributed by atoms with Gasteiger partial charge in [-0.25, -0.2) is 18.4 Å². The third kappa shape index (κ3) is 6.09. The Labute approximate surface area is 201 Å². The van der Waals surface area contributed by atoms with Crippen LogP contribution in [0.15, 0.2) is 88.2 Å². The van der Waals surface area contributed by atoms with Crippen LogP contribution in [0.3, 0.4) is 0 Å². The van der Waals surface area contributed by atoms with Gasteiger partial charge in [0.1, 0.15) is 17.5 Å². The molecule has 0 saturated carbocycles. The molecule has 0 radical (unpaired) electrons. The molecule has 168 valence electrons. The lowest BCUT2D eigenvalue weighted by Crippen LogP contribution is -2.12. The van der Waals surface area contributed by atoms with Crippen LogP contribution < -0.4 is 15.4 Å². The Morgan fingerprint density at radius 1 is 0.697 bits per heavy atom. The predicted molar refractivity (Wildman–Crippen MR) is 136 cm³/mol. The molecule has 0 unspecified atom stereocenters. The van der Waals surface area contributed by atoms with Crippen molar-refractivity contribution in [3.63, 3.8) is 0 Å². The van der Waals surface area contributed by atoms with Crippen LogP contribution in [0.1, 0.15) is 11.4 Å². The zero-order valence-electron chi connectivity index (χ0n) is 18.0. The number of anilines is 5. The lowest BCUT2D eigenvalue weighted by atomic mass is 10.2. The van der Waals surface area contributed by atoms with Crippen LogP contribution >= 0.6 is 15.9 Å². The largest absolute Gasteiger partial charge is 0.340 e. The highest BCUT2D eigenvalue weighted by atomic mass is 79.9. The molecular weight excluding hydrogens is 502 g/mol. The highest BCUT2D eigenvalue weighted by Crippen LogP contribution is 2.23. The van der Waals surface area contributed by atoms with Gasteiger partial charge < -0.3 is 10.6 Å². The van der Waals surface area contributed by atoms with Crippen LogP contribution in [-0.2, 0) is 10.0 Å². The van der Waals surface area contributed by atoms with Crippen LogP contribution in [0.25, 0.3) is 0 Å². The second-order valence-electron chi connectivity index (χ2n) is 7.44. The maximum atomic E-state index is 12.6. The van der Waals surface area contributed by atoms with Gasteiger partial charge >= 0.3 is 0 Å². The van der Waals surface area contributed by atoms with E-state index in [1.54, 1.807) is 48.5 Å². The van der Waals surface area contributed by atoms with Crippen molar-refractivity contribution in [2.75, 3.05) is 15.4 Å². The smallest absolute Gasteiger partial charge is 0.261 e. The molecule has 0 spiro atoms. The number of aromatic nitrogens is 2. The first-order valence-corrected chi connectivity index (χ1v) is 12.4. The Morgan fingerprint density at radius 2 is 1.18 bits per heavy atom. The first-order valence-electron chi connectivity index (χ1n) is 10.1. The second-order valence-corrected chi connectivity index (χ2v) is 10.0. The van der Waals surface area contributed by atoms with E-state index in [-0.39, 0.29) is 4.90 Å². The van der Waals surface area contributed by atoms with Gasteiger partial charge in [-0.3, -0.25) is 4.72 Å². The molecule has 0 amide bonds. The molecule has 1 aromatic heterocycles. The van der Waals surface area contributed by atoms with Crippen molar-refractivity contribution in [3.05, 3.63) is 94.7 Å². The first-order chi connectivity index (χ1) is 15.8. The molecule has 0 bridgehead atoms. The summed E-state index contributed by atoms with van der Waals surface area (Å²) >= 11 is 3.31. The topological polar surface area (TPSA) is 96.0 Å². The summed E-state index contributed by atoms with van der Waals surface area (Å²) in [5.41, 5.74) is 3.35. The SMILES string of the molecule is Cc1ccc(Nc2cc(Nc3ccc(NS(=O)(=O)c4ccc(Br)cc4)cc3)nc(C)n2)cc1. The van der Waals surface area contributed by atoms with E-state index in [1.807, 2.05) is 44.2 Å². The average Bonchev–Trinajstić information content (AvgIpc) is 2.76. The predicted octanol–water partition coefficient (Wildman–Crippen LogP) is 6.14. The van der Waals surface area contributed by atoms with Crippen molar-refractivity contribution < 1.29 is 8.42 Å². The molecule has 0 aliphatic heterocycles. The highest BCUT2D eigenvalue weighted by molar-refractivity contribution is 9.10. The molecular formula is C24H22BrN5O2S. The van der Waals surface area contributed by atoms with Crippen molar-refractivity contribution in [1.82, 2.24) is 9.97 Å². The monoisotopic (exact) mass is 523 g/mol. The van der Waals surface area contributed by atoms with Gasteiger partial charge in [-0.2, -0.15) is 0 Å². The van der Waals surface area contributed by atoms with Crippen LogP contribution in [0.4, 0.5) is 28.7 Å². The number of hydrogen-bond donors (Lipinski definition) is 3. The lowest BCUT2D eigenvalue weighted by Gasteiger charge is -2.12. The van der Waals surface area contributed by atoms with Gasteiger partial charge in [-0.1, -0.05) is 33.6 Å². The summed E-state index contributed by atoms with van der Waals surface area (Å²) in [5.74, 6) is 1.92. The molecule has 33 heavy (non-hydrogen) atoms. The summed E-state index contributed by atoms with van der Waals surface area (Å²) in [6.07, 6.45) is 0. The zero-order chi connectivity index (χ0) is 23.4. The number of nitrogens with zero attached hydrogens (tertiary/aromatic N) is 2. The second kappa shape index (κ2) is 9.60. The molecule has 0 saturated heterocycles. The molecule has 7 nitrogen and oxygen atoms in total. The van der Waals surface area contributed by atoms with Crippen molar-refractivity contribution in [1.29, 1.82) is 0 Å². The minimum absolute atomic E-state index is 0.193. The number of rotatable bonds is 7. The van der Waals surface area contributed by atoms with E-state index in [4.69, 9.17) is 0 Å². The van der Waals surface area contributed by atoms with Gasteiger partial charge in [0.15, 0.2) is 0 Å². The fraction of sp³-hybridized carbons (Fsp3) is 0.0833. The lowest BCUT2D eigenvalue weighted by molar-refractivity contribution is 0.601. The fourth-order valence-electron chi connectivity index (χ4n) is 3.08. The van der Waals surface area contributed by atoms with E-state index < -0.39 is 10.0 Å². The third-order valence-corrected chi connectivity index (χ3v) is 6.62. The minimum atomic E-state index is -3.67. The molecule has 4 aromatic rings. The van der Waals surface area contributed by atoms with E-state index in [9.17, 15) is 8.42 Å². The Hall–Kier alpha value is -3.43. The zero-order valence-corrected chi connectivity index (χ0v) is 20.4. The van der Waals surface area contributed by atoms with Crippen LogP contribution in [-0.4, -0.2) is 18.4 Å². The Bertz CT molecular complexity index is 1360. The molecule has 3 aromatic carbocycles. The summed E-state index contributed by atoms with van der Waals surface area (Å²) in [7, 11) is -3.67. The van der Waals surface area contributed by atoms with Crippen LogP contribution in [0.5, 0.6) is 0 Å². The molecule has 0 atom stereocenters. The number of aryl methyl sites for hydroxylation is 2. The average molecular weight is 524 g/mol. The van der Waals surface area contributed by atoms with E-state index in [1.165, 1.54) is 5.56 Å². The van der Waals surface area contributed by atoms with Gasteiger partial charge in [-0.05, 0) is 74.5 Å². The van der Waals surface area contributed by atoms with Crippen molar-refractivity contribution >= 4 is 54.7 Å². The van der Waals surface area contributed by atoms with Crippen molar-refractivity contribution in [2.45, 2.75) is 18.7 Å². The van der Waals surface area contributed by atoms with Gasteiger partial charge in [0.25, 0.3) is 10.0 Å². The summed E-state index contributed by atoms with van der Waals surface area (Å²) in [6.45, 7) is 3.86. The standard InChI is InChI=1S/C24H22BrN5O2S/c1-16-3-7-19(8-4-16)28-23-15-24(27-17(2)26-23)29-20-9-11-21(12-10-20)30-33(31,32)22-13-5-18(25)6-14-22/h3-15,30H,1-2H3,(H2,26,27,28,29). The normalized spacial score (nSPS) is 11.1. The maximum absolute atomic E-state index is 12.6. The molecule has 9 heteroatoms. The molecule has 0 fully saturated rings. The van der Waals surface area contributed by atoms with Gasteiger partial charge in [0, 0.05) is 27.6 Å². The van der Waals surface area contributed by atoms with Crippen molar-refractivity contribution in [2.24, 2.45) is 0 Å². The highest BCUT2D eigenvalue weighted by Gasteiger charge is 2.14. The van der Waals surface area contributed by atoms with Crippen molar-refractivity contribution in [3.8, 4) is 0 Å². The number of benzene rings is 3.